The molecule has 1 fully saturated rings. The molecule has 0 radical (unpaired) electrons. The Balaban J connectivity index is 1.61. The summed E-state index contributed by atoms with van der Waals surface area (Å²) >= 11 is 1.76. The summed E-state index contributed by atoms with van der Waals surface area (Å²) in [7, 11) is 0. The van der Waals surface area contributed by atoms with Gasteiger partial charge in [-0.3, -0.25) is 9.59 Å². The molecule has 3 rings (SSSR count). The van der Waals surface area contributed by atoms with Crippen molar-refractivity contribution in [2.75, 3.05) is 6.54 Å². The standard InChI is InChI=1S/C20H21NO3S/c22-19(23)13-17-5-4-12-21(17)20(24)16-10-8-15(9-11-16)14-25-18-6-2-1-3-7-18/h1-3,6-11,17H,4-5,12-14H2,(H,22,23). The Bertz CT molecular complexity index is 730. The maximum atomic E-state index is 12.7. The van der Waals surface area contributed by atoms with E-state index < -0.39 is 5.97 Å². The van der Waals surface area contributed by atoms with Crippen LogP contribution in [0.5, 0.6) is 0 Å². The molecule has 1 heterocycles. The zero-order valence-electron chi connectivity index (χ0n) is 13.9. The Morgan fingerprint density at radius 2 is 1.80 bits per heavy atom. The summed E-state index contributed by atoms with van der Waals surface area (Å²) in [5.41, 5.74) is 1.79. The summed E-state index contributed by atoms with van der Waals surface area (Å²) in [5.74, 6) is -0.0619. The monoisotopic (exact) mass is 355 g/mol. The second-order valence-electron chi connectivity index (χ2n) is 6.19. The van der Waals surface area contributed by atoms with E-state index in [2.05, 4.69) is 12.1 Å². The summed E-state index contributed by atoms with van der Waals surface area (Å²) in [4.78, 5) is 26.5. The van der Waals surface area contributed by atoms with Gasteiger partial charge in [-0.1, -0.05) is 30.3 Å². The highest BCUT2D eigenvalue weighted by Gasteiger charge is 2.30. The first-order valence-electron chi connectivity index (χ1n) is 8.43. The quantitative estimate of drug-likeness (QED) is 0.794. The fraction of sp³-hybridized carbons (Fsp3) is 0.300. The summed E-state index contributed by atoms with van der Waals surface area (Å²) in [6.07, 6.45) is 1.66. The summed E-state index contributed by atoms with van der Waals surface area (Å²) in [6.45, 7) is 0.641. The second-order valence-corrected chi connectivity index (χ2v) is 7.24. The second kappa shape index (κ2) is 8.21. The number of carboxylic acids is 1. The van der Waals surface area contributed by atoms with Gasteiger partial charge in [-0.25, -0.2) is 0 Å². The van der Waals surface area contributed by atoms with E-state index in [1.54, 1.807) is 16.7 Å². The third kappa shape index (κ3) is 4.63. The van der Waals surface area contributed by atoms with Crippen LogP contribution in [0.4, 0.5) is 0 Å². The van der Waals surface area contributed by atoms with Gasteiger partial charge in [-0.2, -0.15) is 0 Å². The number of rotatable bonds is 6. The number of nitrogens with zero attached hydrogens (tertiary/aromatic N) is 1. The molecule has 0 spiro atoms. The van der Waals surface area contributed by atoms with E-state index in [1.807, 2.05) is 42.5 Å². The molecular weight excluding hydrogens is 334 g/mol. The van der Waals surface area contributed by atoms with E-state index in [-0.39, 0.29) is 18.4 Å². The van der Waals surface area contributed by atoms with Gasteiger partial charge in [0.2, 0.25) is 0 Å². The number of likely N-dealkylation sites (tertiary alicyclic amines) is 1. The van der Waals surface area contributed by atoms with Gasteiger partial charge in [0.25, 0.3) is 5.91 Å². The van der Waals surface area contributed by atoms with E-state index in [0.29, 0.717) is 12.1 Å². The van der Waals surface area contributed by atoms with E-state index in [1.165, 1.54) is 4.90 Å². The molecule has 1 unspecified atom stereocenters. The van der Waals surface area contributed by atoms with Crippen LogP contribution in [0.2, 0.25) is 0 Å². The summed E-state index contributed by atoms with van der Waals surface area (Å²) in [6, 6.07) is 17.7. The van der Waals surface area contributed by atoms with Crippen LogP contribution >= 0.6 is 11.8 Å². The Morgan fingerprint density at radius 1 is 1.08 bits per heavy atom. The number of carbonyl (C=O) groups is 2. The van der Waals surface area contributed by atoms with Gasteiger partial charge in [0.1, 0.15) is 0 Å². The molecule has 1 amide bonds. The highest BCUT2D eigenvalue weighted by atomic mass is 32.2. The Kier molecular flexibility index (Phi) is 5.76. The number of benzene rings is 2. The van der Waals surface area contributed by atoms with Crippen molar-refractivity contribution in [3.8, 4) is 0 Å². The Hall–Kier alpha value is -2.27. The number of hydrogen-bond donors (Lipinski definition) is 1. The first-order valence-corrected chi connectivity index (χ1v) is 9.41. The number of aliphatic carboxylic acids is 1. The number of carbonyl (C=O) groups excluding carboxylic acids is 1. The van der Waals surface area contributed by atoms with Crippen LogP contribution in [0, 0.1) is 0 Å². The largest absolute Gasteiger partial charge is 0.481 e. The van der Waals surface area contributed by atoms with Crippen molar-refractivity contribution in [2.24, 2.45) is 0 Å². The molecule has 2 aromatic rings. The van der Waals surface area contributed by atoms with Crippen molar-refractivity contribution in [3.63, 3.8) is 0 Å². The van der Waals surface area contributed by atoms with E-state index in [0.717, 1.165) is 24.2 Å². The number of hydrogen-bond acceptors (Lipinski definition) is 3. The van der Waals surface area contributed by atoms with Gasteiger partial charge >= 0.3 is 5.97 Å². The van der Waals surface area contributed by atoms with Crippen LogP contribution in [0.25, 0.3) is 0 Å². The van der Waals surface area contributed by atoms with Crippen molar-refractivity contribution < 1.29 is 14.7 Å². The number of thioether (sulfide) groups is 1. The highest BCUT2D eigenvalue weighted by molar-refractivity contribution is 7.98. The Morgan fingerprint density at radius 3 is 2.48 bits per heavy atom. The molecule has 1 atom stereocenters. The summed E-state index contributed by atoms with van der Waals surface area (Å²) < 4.78 is 0. The molecule has 25 heavy (non-hydrogen) atoms. The van der Waals surface area contributed by atoms with Crippen LogP contribution < -0.4 is 0 Å². The molecule has 0 aliphatic carbocycles. The molecule has 5 heteroatoms. The van der Waals surface area contributed by atoms with Gasteiger partial charge < -0.3 is 10.0 Å². The van der Waals surface area contributed by atoms with Gasteiger partial charge in [-0.15, -0.1) is 11.8 Å². The zero-order chi connectivity index (χ0) is 17.6. The van der Waals surface area contributed by atoms with Crippen molar-refractivity contribution >= 4 is 23.6 Å². The minimum absolute atomic E-state index is 0.0253. The molecule has 0 bridgehead atoms. The molecule has 1 saturated heterocycles. The summed E-state index contributed by atoms with van der Waals surface area (Å²) in [5, 5.41) is 8.99. The maximum absolute atomic E-state index is 12.7. The number of carboxylic acid groups (broad SMARTS) is 1. The Labute approximate surface area is 151 Å². The minimum atomic E-state index is -0.849. The third-order valence-electron chi connectivity index (χ3n) is 4.40. The molecule has 0 saturated carbocycles. The average molecular weight is 355 g/mol. The fourth-order valence-electron chi connectivity index (χ4n) is 3.11. The van der Waals surface area contributed by atoms with Crippen LogP contribution in [0.3, 0.4) is 0 Å². The molecule has 4 nitrogen and oxygen atoms in total. The SMILES string of the molecule is O=C(O)CC1CCCN1C(=O)c1ccc(CSc2ccccc2)cc1. The predicted octanol–water partition coefficient (Wildman–Crippen LogP) is 4.06. The van der Waals surface area contributed by atoms with Crippen molar-refractivity contribution in [1.82, 2.24) is 4.90 Å². The van der Waals surface area contributed by atoms with E-state index in [9.17, 15) is 9.59 Å². The van der Waals surface area contributed by atoms with Gasteiger partial charge in [0.05, 0.1) is 6.42 Å². The van der Waals surface area contributed by atoms with Crippen LogP contribution in [-0.4, -0.2) is 34.5 Å². The lowest BCUT2D eigenvalue weighted by atomic mass is 10.1. The van der Waals surface area contributed by atoms with Gasteiger partial charge in [0, 0.05) is 28.8 Å². The van der Waals surface area contributed by atoms with Crippen molar-refractivity contribution in [2.45, 2.75) is 36.0 Å². The first kappa shape index (κ1) is 17.5. The van der Waals surface area contributed by atoms with E-state index in [4.69, 9.17) is 5.11 Å². The van der Waals surface area contributed by atoms with Crippen molar-refractivity contribution in [1.29, 1.82) is 0 Å². The molecule has 0 aromatic heterocycles. The third-order valence-corrected chi connectivity index (χ3v) is 5.48. The first-order chi connectivity index (χ1) is 12.1. The fourth-order valence-corrected chi connectivity index (χ4v) is 3.98. The normalized spacial score (nSPS) is 16.8. The maximum Gasteiger partial charge on any atom is 0.305 e. The molecule has 2 aromatic carbocycles. The molecule has 1 N–H and O–H groups in total. The van der Waals surface area contributed by atoms with Gasteiger partial charge in [-0.05, 0) is 42.7 Å². The number of amides is 1. The zero-order valence-corrected chi connectivity index (χ0v) is 14.7. The highest BCUT2D eigenvalue weighted by Crippen LogP contribution is 2.25. The van der Waals surface area contributed by atoms with E-state index >= 15 is 0 Å². The van der Waals surface area contributed by atoms with Gasteiger partial charge in [0.15, 0.2) is 0 Å². The topological polar surface area (TPSA) is 57.6 Å². The van der Waals surface area contributed by atoms with Crippen LogP contribution in [-0.2, 0) is 10.5 Å². The molecule has 130 valence electrons. The lowest BCUT2D eigenvalue weighted by Crippen LogP contribution is -2.36. The lowest BCUT2D eigenvalue weighted by molar-refractivity contribution is -0.137. The lowest BCUT2D eigenvalue weighted by Gasteiger charge is -2.23. The van der Waals surface area contributed by atoms with Crippen LogP contribution in [0.15, 0.2) is 59.5 Å². The molecular formula is C20H21NO3S. The van der Waals surface area contributed by atoms with Crippen LogP contribution in [0.1, 0.15) is 35.2 Å². The van der Waals surface area contributed by atoms with Crippen molar-refractivity contribution in [3.05, 3.63) is 65.7 Å². The predicted molar refractivity (Wildman–Crippen MR) is 98.8 cm³/mol. The molecule has 1 aliphatic rings. The average Bonchev–Trinajstić information content (AvgIpc) is 3.08. The molecule has 1 aliphatic heterocycles. The smallest absolute Gasteiger partial charge is 0.305 e. The minimum Gasteiger partial charge on any atom is -0.481 e.